The number of carboxylic acids is 1. The van der Waals surface area contributed by atoms with E-state index in [1.54, 1.807) is 0 Å². The van der Waals surface area contributed by atoms with Gasteiger partial charge in [-0.2, -0.15) is 11.3 Å². The van der Waals surface area contributed by atoms with Gasteiger partial charge in [-0.15, -0.1) is 0 Å². The molecular weight excluding hydrogens is 376 g/mol. The van der Waals surface area contributed by atoms with Crippen LogP contribution in [-0.4, -0.2) is 29.1 Å². The summed E-state index contributed by atoms with van der Waals surface area (Å²) in [4.78, 5) is 29.2. The van der Waals surface area contributed by atoms with Crippen LogP contribution in [0.5, 0.6) is 5.88 Å². The minimum absolute atomic E-state index is 0.00755. The molecule has 144 valence electrons. The van der Waals surface area contributed by atoms with Crippen molar-refractivity contribution < 1.29 is 19.4 Å². The lowest BCUT2D eigenvalue weighted by atomic mass is 9.90. The van der Waals surface area contributed by atoms with Gasteiger partial charge in [0.25, 0.3) is 5.91 Å². The number of hydrogen-bond donors (Lipinski definition) is 2. The number of carbonyl (C=O) groups is 2. The van der Waals surface area contributed by atoms with Crippen LogP contribution in [0.15, 0.2) is 35.0 Å². The van der Waals surface area contributed by atoms with Gasteiger partial charge >= 0.3 is 5.97 Å². The average Bonchev–Trinajstić information content (AvgIpc) is 3.39. The molecule has 1 fully saturated rings. The molecule has 3 aromatic rings. The second kappa shape index (κ2) is 7.59. The van der Waals surface area contributed by atoms with Gasteiger partial charge in [0.2, 0.25) is 5.88 Å². The average molecular weight is 396 g/mol. The lowest BCUT2D eigenvalue weighted by Crippen LogP contribution is -2.17. The van der Waals surface area contributed by atoms with Crippen LogP contribution < -0.4 is 10.1 Å². The third-order valence-electron chi connectivity index (χ3n) is 5.21. The summed E-state index contributed by atoms with van der Waals surface area (Å²) in [5, 5.41) is 16.8. The van der Waals surface area contributed by atoms with E-state index in [9.17, 15) is 14.7 Å². The third-order valence-corrected chi connectivity index (χ3v) is 5.89. The molecule has 0 unspecified atom stereocenters. The molecule has 1 aliphatic carbocycles. The van der Waals surface area contributed by atoms with Crippen molar-refractivity contribution in [3.63, 3.8) is 0 Å². The molecule has 1 amide bonds. The van der Waals surface area contributed by atoms with E-state index in [0.29, 0.717) is 22.4 Å². The summed E-state index contributed by atoms with van der Waals surface area (Å²) in [6, 6.07) is 7.16. The van der Waals surface area contributed by atoms with Gasteiger partial charge in [-0.3, -0.25) is 4.79 Å². The maximum atomic E-state index is 13.2. The predicted molar refractivity (Wildman–Crippen MR) is 109 cm³/mol. The van der Waals surface area contributed by atoms with E-state index in [-0.39, 0.29) is 17.4 Å². The minimum atomic E-state index is -1.12. The lowest BCUT2D eigenvalue weighted by molar-refractivity contribution is 0.0692. The zero-order valence-corrected chi connectivity index (χ0v) is 16.2. The first-order valence-corrected chi connectivity index (χ1v) is 10.1. The molecule has 4 rings (SSSR count). The number of nitrogens with zero attached hydrogens (tertiary/aromatic N) is 1. The Balaban J connectivity index is 1.91. The zero-order valence-electron chi connectivity index (χ0n) is 15.4. The van der Waals surface area contributed by atoms with Crippen molar-refractivity contribution in [3.8, 4) is 5.88 Å². The summed E-state index contributed by atoms with van der Waals surface area (Å²) in [7, 11) is 1.38. The van der Waals surface area contributed by atoms with Crippen molar-refractivity contribution in [1.82, 2.24) is 4.98 Å². The highest BCUT2D eigenvalue weighted by atomic mass is 32.1. The second-order valence-electron chi connectivity index (χ2n) is 6.90. The number of carboxylic acid groups (broad SMARTS) is 1. The van der Waals surface area contributed by atoms with E-state index in [1.807, 2.05) is 29.0 Å². The van der Waals surface area contributed by atoms with E-state index in [1.165, 1.54) is 24.5 Å². The number of rotatable bonds is 5. The first-order chi connectivity index (χ1) is 13.6. The molecule has 0 aliphatic heterocycles. The van der Waals surface area contributed by atoms with E-state index >= 15 is 0 Å². The number of ether oxygens (including phenoxy) is 1. The first-order valence-electron chi connectivity index (χ1n) is 9.17. The van der Waals surface area contributed by atoms with Gasteiger partial charge in [0.15, 0.2) is 0 Å². The Labute approximate surface area is 166 Å². The van der Waals surface area contributed by atoms with Crippen molar-refractivity contribution in [2.75, 3.05) is 12.4 Å². The van der Waals surface area contributed by atoms with Gasteiger partial charge < -0.3 is 15.2 Å². The highest BCUT2D eigenvalue weighted by molar-refractivity contribution is 7.08. The Morgan fingerprint density at radius 3 is 2.68 bits per heavy atom. The highest BCUT2D eigenvalue weighted by Crippen LogP contribution is 2.39. The van der Waals surface area contributed by atoms with E-state index < -0.39 is 5.97 Å². The molecule has 0 radical (unpaired) electrons. The number of benzene rings is 1. The Hall–Kier alpha value is -2.93. The number of methoxy groups -OCH3 is 1. The molecule has 2 heterocycles. The molecule has 2 aromatic heterocycles. The summed E-state index contributed by atoms with van der Waals surface area (Å²) in [5.74, 6) is -1.04. The van der Waals surface area contributed by atoms with Crippen molar-refractivity contribution in [2.45, 2.75) is 31.6 Å². The minimum Gasteiger partial charge on any atom is -0.480 e. The fraction of sp³-hybridized carbons (Fsp3) is 0.286. The summed E-state index contributed by atoms with van der Waals surface area (Å²) in [6.45, 7) is 0. The van der Waals surface area contributed by atoms with Crippen molar-refractivity contribution in [3.05, 3.63) is 51.7 Å². The zero-order chi connectivity index (χ0) is 19.7. The second-order valence-corrected chi connectivity index (χ2v) is 7.68. The molecule has 0 bridgehead atoms. The molecule has 1 aromatic carbocycles. The molecule has 7 heteroatoms. The van der Waals surface area contributed by atoms with Crippen LogP contribution in [-0.2, 0) is 0 Å². The van der Waals surface area contributed by atoms with Crippen LogP contribution in [0.25, 0.3) is 10.9 Å². The van der Waals surface area contributed by atoms with E-state index in [2.05, 4.69) is 10.3 Å². The number of thiophene rings is 1. The number of amides is 1. The van der Waals surface area contributed by atoms with Gasteiger partial charge in [0, 0.05) is 10.8 Å². The summed E-state index contributed by atoms with van der Waals surface area (Å²) in [5.41, 5.74) is 2.66. The van der Waals surface area contributed by atoms with Crippen LogP contribution in [0.3, 0.4) is 0 Å². The Bertz CT molecular complexity index is 1040. The van der Waals surface area contributed by atoms with E-state index in [4.69, 9.17) is 4.74 Å². The molecule has 2 N–H and O–H groups in total. The first kappa shape index (κ1) is 18.4. The summed E-state index contributed by atoms with van der Waals surface area (Å²) in [6.07, 6.45) is 4.36. The molecule has 0 spiro atoms. The molecule has 0 atom stereocenters. The topological polar surface area (TPSA) is 88.5 Å². The van der Waals surface area contributed by atoms with Crippen LogP contribution >= 0.6 is 11.3 Å². The Kier molecular flexibility index (Phi) is 5.00. The normalized spacial score (nSPS) is 14.3. The molecular formula is C21H20N2O4S. The van der Waals surface area contributed by atoms with Crippen LogP contribution in [0.2, 0.25) is 0 Å². The number of hydrogen-bond acceptors (Lipinski definition) is 5. The quantitative estimate of drug-likeness (QED) is 0.639. The molecule has 1 aliphatic rings. The highest BCUT2D eigenvalue weighted by Gasteiger charge is 2.26. The monoisotopic (exact) mass is 396 g/mol. The third kappa shape index (κ3) is 3.33. The van der Waals surface area contributed by atoms with Crippen LogP contribution in [0.4, 0.5) is 5.69 Å². The number of aromatic carboxylic acids is 1. The largest absolute Gasteiger partial charge is 0.480 e. The Morgan fingerprint density at radius 1 is 1.25 bits per heavy atom. The summed E-state index contributed by atoms with van der Waals surface area (Å²) >= 11 is 1.51. The number of fused-ring (bicyclic) bond motifs is 1. The number of carbonyl (C=O) groups excluding carboxylic acids is 1. The predicted octanol–water partition coefficient (Wildman–Crippen LogP) is 4.91. The van der Waals surface area contributed by atoms with Crippen molar-refractivity contribution in [2.24, 2.45) is 0 Å². The van der Waals surface area contributed by atoms with Gasteiger partial charge in [-0.1, -0.05) is 25.0 Å². The maximum Gasteiger partial charge on any atom is 0.341 e. The molecule has 1 saturated carbocycles. The molecule has 0 saturated heterocycles. The lowest BCUT2D eigenvalue weighted by Gasteiger charge is -2.18. The van der Waals surface area contributed by atoms with E-state index in [0.717, 1.165) is 36.9 Å². The van der Waals surface area contributed by atoms with Crippen molar-refractivity contribution in [1.29, 1.82) is 0 Å². The number of aromatic nitrogens is 1. The van der Waals surface area contributed by atoms with Crippen LogP contribution in [0.1, 0.15) is 57.9 Å². The van der Waals surface area contributed by atoms with Gasteiger partial charge in [0.05, 0.1) is 23.9 Å². The number of nitrogens with one attached hydrogen (secondary N) is 1. The van der Waals surface area contributed by atoms with Gasteiger partial charge in [-0.05, 0) is 41.8 Å². The molecule has 6 nitrogen and oxygen atoms in total. The maximum absolute atomic E-state index is 13.2. The fourth-order valence-electron chi connectivity index (χ4n) is 3.89. The number of anilines is 1. The Morgan fingerprint density at radius 2 is 2.04 bits per heavy atom. The van der Waals surface area contributed by atoms with Gasteiger partial charge in [-0.25, -0.2) is 9.78 Å². The van der Waals surface area contributed by atoms with Gasteiger partial charge in [0.1, 0.15) is 5.56 Å². The standard InChI is InChI=1S/C21H20N2O4S/c1-27-20-16(21(25)26)10-13-6-7-15(12-4-2-3-5-12)17(18(13)23-20)19(24)22-14-8-9-28-11-14/h6-12H,2-5H2,1H3,(H,22,24)(H,25,26). The summed E-state index contributed by atoms with van der Waals surface area (Å²) < 4.78 is 5.20. The molecule has 28 heavy (non-hydrogen) atoms. The van der Waals surface area contributed by atoms with Crippen LogP contribution in [0, 0.1) is 0 Å². The SMILES string of the molecule is COc1nc2c(C(=O)Nc3ccsc3)c(C3CCCC3)ccc2cc1C(=O)O. The van der Waals surface area contributed by atoms with Crippen molar-refractivity contribution >= 4 is 39.8 Å². The fourth-order valence-corrected chi connectivity index (χ4v) is 4.48. The number of pyridine rings is 1. The smallest absolute Gasteiger partial charge is 0.341 e.